The summed E-state index contributed by atoms with van der Waals surface area (Å²) in [5.41, 5.74) is 1.40. The first-order valence-corrected chi connectivity index (χ1v) is 10.1. The second-order valence-corrected chi connectivity index (χ2v) is 7.44. The van der Waals surface area contributed by atoms with Crippen LogP contribution in [-0.4, -0.2) is 75.2 Å². The average Bonchev–Trinajstić information content (AvgIpc) is 2.66. The van der Waals surface area contributed by atoms with Crippen molar-refractivity contribution in [2.75, 3.05) is 59.4 Å². The number of likely N-dealkylation sites (N-methyl/N-ethyl adjacent to an activating group) is 1. The molecule has 1 saturated heterocycles. The van der Waals surface area contributed by atoms with E-state index in [0.717, 1.165) is 45.0 Å². The van der Waals surface area contributed by atoms with E-state index < -0.39 is 0 Å². The Morgan fingerprint density at radius 2 is 1.85 bits per heavy atom. The van der Waals surface area contributed by atoms with Crippen LogP contribution < -0.4 is 10.6 Å². The number of nitrogens with one attached hydrogen (secondary N) is 2. The van der Waals surface area contributed by atoms with Crippen LogP contribution in [-0.2, 0) is 6.42 Å². The Kier molecular flexibility index (Phi) is 9.50. The average molecular weight is 360 g/mol. The predicted molar refractivity (Wildman–Crippen MR) is 112 cm³/mol. The van der Waals surface area contributed by atoms with Crippen molar-refractivity contribution in [2.45, 2.75) is 26.7 Å². The zero-order chi connectivity index (χ0) is 18.6. The van der Waals surface area contributed by atoms with Gasteiger partial charge in [0.25, 0.3) is 0 Å². The molecular weight excluding hydrogens is 322 g/mol. The first kappa shape index (κ1) is 20.7. The predicted octanol–water partition coefficient (Wildman–Crippen LogP) is 2.06. The number of nitrogens with zero attached hydrogens (tertiary/aromatic N) is 3. The molecule has 0 radical (unpaired) electrons. The molecule has 0 bridgehead atoms. The minimum atomic E-state index is 0.582. The Morgan fingerprint density at radius 1 is 1.12 bits per heavy atom. The van der Waals surface area contributed by atoms with Crippen LogP contribution >= 0.6 is 0 Å². The van der Waals surface area contributed by atoms with Crippen molar-refractivity contribution >= 4 is 5.96 Å². The molecule has 1 aromatic rings. The number of benzene rings is 1. The first-order valence-electron chi connectivity index (χ1n) is 10.1. The molecule has 1 fully saturated rings. The van der Waals surface area contributed by atoms with Crippen LogP contribution in [0.25, 0.3) is 0 Å². The highest BCUT2D eigenvalue weighted by atomic mass is 15.2. The van der Waals surface area contributed by atoms with Gasteiger partial charge in [0.2, 0.25) is 0 Å². The maximum absolute atomic E-state index is 4.80. The fourth-order valence-corrected chi connectivity index (χ4v) is 3.26. The second kappa shape index (κ2) is 11.9. The van der Waals surface area contributed by atoms with Crippen molar-refractivity contribution in [1.29, 1.82) is 0 Å². The van der Waals surface area contributed by atoms with E-state index in [1.807, 2.05) is 0 Å². The standard InChI is InChI=1S/C21H37N5/c1-4-22-21(23-12-8-11-20-9-6-5-7-10-20)24-17-19(2)18-26-15-13-25(3)14-16-26/h5-7,9-10,19H,4,8,11-18H2,1-3H3,(H2,22,23,24). The molecule has 0 amide bonds. The third-order valence-corrected chi connectivity index (χ3v) is 4.85. The van der Waals surface area contributed by atoms with Crippen LogP contribution in [0.15, 0.2) is 35.3 Å². The third-order valence-electron chi connectivity index (χ3n) is 4.85. The lowest BCUT2D eigenvalue weighted by Gasteiger charge is -2.33. The maximum atomic E-state index is 4.80. The van der Waals surface area contributed by atoms with Gasteiger partial charge >= 0.3 is 0 Å². The molecule has 1 unspecified atom stereocenters. The normalized spacial score (nSPS) is 17.9. The molecule has 5 heteroatoms. The van der Waals surface area contributed by atoms with Gasteiger partial charge in [-0.1, -0.05) is 37.3 Å². The van der Waals surface area contributed by atoms with Gasteiger partial charge < -0.3 is 20.4 Å². The van der Waals surface area contributed by atoms with Crippen molar-refractivity contribution in [3.63, 3.8) is 0 Å². The molecule has 1 aliphatic rings. The van der Waals surface area contributed by atoms with Gasteiger partial charge in [-0.25, -0.2) is 0 Å². The van der Waals surface area contributed by atoms with E-state index in [2.05, 4.69) is 71.7 Å². The van der Waals surface area contributed by atoms with Gasteiger partial charge in [-0.3, -0.25) is 4.99 Å². The van der Waals surface area contributed by atoms with Gasteiger partial charge in [0, 0.05) is 52.4 Å². The molecule has 5 nitrogen and oxygen atoms in total. The van der Waals surface area contributed by atoms with Gasteiger partial charge in [0.05, 0.1) is 0 Å². The first-order chi connectivity index (χ1) is 12.7. The van der Waals surface area contributed by atoms with Crippen LogP contribution in [0.2, 0.25) is 0 Å². The summed E-state index contributed by atoms with van der Waals surface area (Å²) in [5.74, 6) is 1.53. The summed E-state index contributed by atoms with van der Waals surface area (Å²) in [6.45, 7) is 13.0. The Bertz CT molecular complexity index is 508. The zero-order valence-corrected chi connectivity index (χ0v) is 16.9. The fraction of sp³-hybridized carbons (Fsp3) is 0.667. The number of hydrogen-bond acceptors (Lipinski definition) is 3. The molecular formula is C21H37N5. The summed E-state index contributed by atoms with van der Waals surface area (Å²) in [7, 11) is 2.21. The SMILES string of the molecule is CCNC(=NCC(C)CN1CCN(C)CC1)NCCCc1ccccc1. The minimum Gasteiger partial charge on any atom is -0.357 e. The largest absolute Gasteiger partial charge is 0.357 e. The van der Waals surface area contributed by atoms with Crippen molar-refractivity contribution in [3.05, 3.63) is 35.9 Å². The molecule has 0 spiro atoms. The third kappa shape index (κ3) is 8.19. The van der Waals surface area contributed by atoms with Crippen LogP contribution in [0.4, 0.5) is 0 Å². The molecule has 0 aliphatic carbocycles. The summed E-state index contributed by atoms with van der Waals surface area (Å²) in [6.07, 6.45) is 2.22. The molecule has 26 heavy (non-hydrogen) atoms. The van der Waals surface area contributed by atoms with Crippen molar-refractivity contribution < 1.29 is 0 Å². The highest BCUT2D eigenvalue weighted by Gasteiger charge is 2.15. The lowest BCUT2D eigenvalue weighted by Crippen LogP contribution is -2.46. The second-order valence-electron chi connectivity index (χ2n) is 7.44. The van der Waals surface area contributed by atoms with Gasteiger partial charge in [0.1, 0.15) is 0 Å². The Morgan fingerprint density at radius 3 is 2.54 bits per heavy atom. The molecule has 1 aliphatic heterocycles. The smallest absolute Gasteiger partial charge is 0.191 e. The molecule has 2 rings (SSSR count). The van der Waals surface area contributed by atoms with Gasteiger partial charge in [-0.2, -0.15) is 0 Å². The summed E-state index contributed by atoms with van der Waals surface area (Å²) in [4.78, 5) is 9.77. The van der Waals surface area contributed by atoms with Crippen molar-refractivity contribution in [2.24, 2.45) is 10.9 Å². The van der Waals surface area contributed by atoms with Gasteiger partial charge in [-0.05, 0) is 38.3 Å². The van der Waals surface area contributed by atoms with E-state index in [0.29, 0.717) is 5.92 Å². The highest BCUT2D eigenvalue weighted by molar-refractivity contribution is 5.79. The summed E-state index contributed by atoms with van der Waals surface area (Å²) >= 11 is 0. The highest BCUT2D eigenvalue weighted by Crippen LogP contribution is 2.05. The van der Waals surface area contributed by atoms with Crippen LogP contribution in [0, 0.1) is 5.92 Å². The molecule has 1 heterocycles. The number of piperazine rings is 1. The Labute approximate surface area is 159 Å². The Balaban J connectivity index is 1.67. The Hall–Kier alpha value is -1.59. The number of rotatable bonds is 9. The van der Waals surface area contributed by atoms with Crippen molar-refractivity contribution in [3.8, 4) is 0 Å². The van der Waals surface area contributed by atoms with Gasteiger partial charge in [0.15, 0.2) is 5.96 Å². The molecule has 1 atom stereocenters. The topological polar surface area (TPSA) is 42.9 Å². The quantitative estimate of drug-likeness (QED) is 0.402. The van der Waals surface area contributed by atoms with Crippen LogP contribution in [0.5, 0.6) is 0 Å². The molecule has 146 valence electrons. The van der Waals surface area contributed by atoms with E-state index in [1.54, 1.807) is 0 Å². The van der Waals surface area contributed by atoms with Gasteiger partial charge in [-0.15, -0.1) is 0 Å². The van der Waals surface area contributed by atoms with E-state index in [9.17, 15) is 0 Å². The maximum Gasteiger partial charge on any atom is 0.191 e. The molecule has 0 aromatic heterocycles. The van der Waals surface area contributed by atoms with E-state index in [-0.39, 0.29) is 0 Å². The molecule has 2 N–H and O–H groups in total. The lowest BCUT2D eigenvalue weighted by molar-refractivity contribution is 0.140. The minimum absolute atomic E-state index is 0.582. The summed E-state index contributed by atoms with van der Waals surface area (Å²) in [6, 6.07) is 10.7. The van der Waals surface area contributed by atoms with E-state index in [1.165, 1.54) is 31.7 Å². The van der Waals surface area contributed by atoms with E-state index >= 15 is 0 Å². The van der Waals surface area contributed by atoms with Crippen molar-refractivity contribution in [1.82, 2.24) is 20.4 Å². The zero-order valence-electron chi connectivity index (χ0n) is 16.9. The van der Waals surface area contributed by atoms with E-state index in [4.69, 9.17) is 4.99 Å². The lowest BCUT2D eigenvalue weighted by atomic mass is 10.1. The number of aliphatic imine (C=N–C) groups is 1. The van der Waals surface area contributed by atoms with Crippen LogP contribution in [0.3, 0.4) is 0 Å². The number of aryl methyl sites for hydroxylation is 1. The monoisotopic (exact) mass is 359 g/mol. The molecule has 0 saturated carbocycles. The number of hydrogen-bond donors (Lipinski definition) is 2. The fourth-order valence-electron chi connectivity index (χ4n) is 3.26. The summed E-state index contributed by atoms with van der Waals surface area (Å²) in [5, 5.41) is 6.84. The summed E-state index contributed by atoms with van der Waals surface area (Å²) < 4.78 is 0. The number of guanidine groups is 1. The molecule has 1 aromatic carbocycles. The van der Waals surface area contributed by atoms with Crippen LogP contribution in [0.1, 0.15) is 25.8 Å².